The number of hydrogen-bond acceptors (Lipinski definition) is 3. The summed E-state index contributed by atoms with van der Waals surface area (Å²) in [5, 5.41) is 5.95. The Kier molecular flexibility index (Phi) is 5.29. The first-order valence-electron chi connectivity index (χ1n) is 9.36. The van der Waals surface area contributed by atoms with Crippen molar-refractivity contribution in [1.29, 1.82) is 0 Å². The number of amides is 2. The average Bonchev–Trinajstić information content (AvgIpc) is 3.32. The molecule has 28 heavy (non-hydrogen) atoms. The van der Waals surface area contributed by atoms with Gasteiger partial charge in [0.15, 0.2) is 0 Å². The van der Waals surface area contributed by atoms with Gasteiger partial charge in [0.1, 0.15) is 6.04 Å². The van der Waals surface area contributed by atoms with Crippen molar-refractivity contribution in [3.63, 3.8) is 0 Å². The monoisotopic (exact) mass is 459 g/mol. The van der Waals surface area contributed by atoms with Gasteiger partial charge in [-0.1, -0.05) is 35.8 Å². The van der Waals surface area contributed by atoms with Crippen LogP contribution in [0, 0.1) is 5.92 Å². The standard InChI is InChI=1S/C21H22BrN3O2S/c1-12(2)19(24-20(26)18-4-3-9-28-18)21(27)25-8-7-17-15(11-25)14-10-13(22)5-6-16(14)23-17/h3-6,9-10,12,19,23H,7-8,11H2,1-2H3,(H,24,26). The highest BCUT2D eigenvalue weighted by Crippen LogP contribution is 2.30. The van der Waals surface area contributed by atoms with Crippen LogP contribution in [0.15, 0.2) is 40.2 Å². The quantitative estimate of drug-likeness (QED) is 0.609. The highest BCUT2D eigenvalue weighted by atomic mass is 79.9. The van der Waals surface area contributed by atoms with Crippen molar-refractivity contribution < 1.29 is 9.59 Å². The number of fused-ring (bicyclic) bond motifs is 3. The minimum Gasteiger partial charge on any atom is -0.358 e. The van der Waals surface area contributed by atoms with E-state index >= 15 is 0 Å². The Balaban J connectivity index is 1.56. The molecule has 3 aromatic rings. The van der Waals surface area contributed by atoms with E-state index in [0.29, 0.717) is 18.0 Å². The molecule has 0 radical (unpaired) electrons. The van der Waals surface area contributed by atoms with Crippen molar-refractivity contribution in [2.75, 3.05) is 6.54 Å². The summed E-state index contributed by atoms with van der Waals surface area (Å²) in [6, 6.07) is 9.25. The molecule has 0 spiro atoms. The molecule has 1 aliphatic rings. The molecule has 146 valence electrons. The van der Waals surface area contributed by atoms with Crippen LogP contribution in [0.1, 0.15) is 34.8 Å². The van der Waals surface area contributed by atoms with Crippen molar-refractivity contribution >= 4 is 50.0 Å². The molecule has 0 aliphatic carbocycles. The van der Waals surface area contributed by atoms with Gasteiger partial charge in [0.05, 0.1) is 4.88 Å². The number of benzene rings is 1. The number of thiophene rings is 1. The van der Waals surface area contributed by atoms with Crippen molar-refractivity contribution in [1.82, 2.24) is 15.2 Å². The van der Waals surface area contributed by atoms with E-state index in [1.54, 1.807) is 6.07 Å². The zero-order chi connectivity index (χ0) is 19.8. The number of aromatic nitrogens is 1. The molecule has 2 N–H and O–H groups in total. The molecular weight excluding hydrogens is 438 g/mol. The molecule has 7 heteroatoms. The van der Waals surface area contributed by atoms with Gasteiger partial charge in [0.25, 0.3) is 5.91 Å². The minimum atomic E-state index is -0.534. The molecule has 0 saturated heterocycles. The van der Waals surface area contributed by atoms with Crippen LogP contribution in [0.2, 0.25) is 0 Å². The molecule has 0 bridgehead atoms. The summed E-state index contributed by atoms with van der Waals surface area (Å²) in [6.45, 7) is 5.14. The van der Waals surface area contributed by atoms with Crippen LogP contribution in [-0.2, 0) is 17.8 Å². The third-order valence-corrected chi connectivity index (χ3v) is 6.58. The molecule has 1 aromatic carbocycles. The molecule has 4 rings (SSSR count). The third-order valence-electron chi connectivity index (χ3n) is 5.21. The Morgan fingerprint density at radius 3 is 2.82 bits per heavy atom. The summed E-state index contributed by atoms with van der Waals surface area (Å²) in [5.74, 6) is -0.194. The fourth-order valence-electron chi connectivity index (χ4n) is 3.70. The predicted molar refractivity (Wildman–Crippen MR) is 116 cm³/mol. The Bertz CT molecular complexity index is 1030. The van der Waals surface area contributed by atoms with E-state index in [9.17, 15) is 9.59 Å². The first-order chi connectivity index (χ1) is 13.4. The van der Waals surface area contributed by atoms with E-state index < -0.39 is 6.04 Å². The lowest BCUT2D eigenvalue weighted by Gasteiger charge is -2.32. The van der Waals surface area contributed by atoms with Crippen molar-refractivity contribution in [2.45, 2.75) is 32.9 Å². The second kappa shape index (κ2) is 7.72. The van der Waals surface area contributed by atoms with E-state index in [1.165, 1.54) is 22.6 Å². The molecular formula is C21H22BrN3O2S. The Morgan fingerprint density at radius 1 is 1.29 bits per heavy atom. The van der Waals surface area contributed by atoms with Gasteiger partial charge in [-0.15, -0.1) is 11.3 Å². The number of aromatic amines is 1. The number of H-pyrrole nitrogens is 1. The predicted octanol–water partition coefficient (Wildman–Crippen LogP) is 4.33. The normalized spacial score (nSPS) is 14.9. The fraction of sp³-hybridized carbons (Fsp3) is 0.333. The van der Waals surface area contributed by atoms with Gasteiger partial charge >= 0.3 is 0 Å². The Hall–Kier alpha value is -2.12. The molecule has 2 aromatic heterocycles. The number of carbonyl (C=O) groups excluding carboxylic acids is 2. The summed E-state index contributed by atoms with van der Waals surface area (Å²) in [7, 11) is 0. The number of hydrogen-bond donors (Lipinski definition) is 2. The third kappa shape index (κ3) is 3.61. The summed E-state index contributed by atoms with van der Waals surface area (Å²) < 4.78 is 1.02. The maximum atomic E-state index is 13.3. The first kappa shape index (κ1) is 19.2. The Labute approximate surface area is 176 Å². The lowest BCUT2D eigenvalue weighted by molar-refractivity contribution is -0.135. The smallest absolute Gasteiger partial charge is 0.262 e. The van der Waals surface area contributed by atoms with Crippen LogP contribution in [0.5, 0.6) is 0 Å². The number of nitrogens with one attached hydrogen (secondary N) is 2. The van der Waals surface area contributed by atoms with Crippen molar-refractivity contribution in [2.24, 2.45) is 5.92 Å². The summed E-state index contributed by atoms with van der Waals surface area (Å²) in [5.41, 5.74) is 3.46. The molecule has 1 unspecified atom stereocenters. The molecule has 2 amide bonds. The van der Waals surface area contributed by atoms with Crippen molar-refractivity contribution in [3.05, 3.63) is 56.3 Å². The van der Waals surface area contributed by atoms with Crippen LogP contribution in [0.3, 0.4) is 0 Å². The zero-order valence-corrected chi connectivity index (χ0v) is 18.2. The number of rotatable bonds is 4. The minimum absolute atomic E-state index is 0.00919. The molecule has 0 saturated carbocycles. The summed E-state index contributed by atoms with van der Waals surface area (Å²) in [4.78, 5) is 31.7. The van der Waals surface area contributed by atoms with E-state index in [-0.39, 0.29) is 17.7 Å². The van der Waals surface area contributed by atoms with E-state index in [2.05, 4.69) is 38.4 Å². The van der Waals surface area contributed by atoms with Gasteiger partial charge in [-0.3, -0.25) is 9.59 Å². The van der Waals surface area contributed by atoms with Gasteiger partial charge in [0, 0.05) is 46.1 Å². The summed E-state index contributed by atoms with van der Waals surface area (Å²) in [6.07, 6.45) is 0.789. The lowest BCUT2D eigenvalue weighted by atomic mass is 9.99. The second-order valence-electron chi connectivity index (χ2n) is 7.45. The maximum Gasteiger partial charge on any atom is 0.262 e. The summed E-state index contributed by atoms with van der Waals surface area (Å²) >= 11 is 4.92. The Morgan fingerprint density at radius 2 is 2.11 bits per heavy atom. The molecule has 0 fully saturated rings. The van der Waals surface area contributed by atoms with Crippen LogP contribution >= 0.6 is 27.3 Å². The molecule has 3 heterocycles. The highest BCUT2D eigenvalue weighted by Gasteiger charge is 2.32. The van der Waals surface area contributed by atoms with Gasteiger partial charge < -0.3 is 15.2 Å². The van der Waals surface area contributed by atoms with Gasteiger partial charge in [-0.25, -0.2) is 0 Å². The zero-order valence-electron chi connectivity index (χ0n) is 15.8. The van der Waals surface area contributed by atoms with E-state index in [4.69, 9.17) is 0 Å². The topological polar surface area (TPSA) is 65.2 Å². The molecule has 1 atom stereocenters. The lowest BCUT2D eigenvalue weighted by Crippen LogP contribution is -2.52. The van der Waals surface area contributed by atoms with Gasteiger partial charge in [-0.05, 0) is 35.6 Å². The van der Waals surface area contributed by atoms with Crippen LogP contribution in [0.25, 0.3) is 10.9 Å². The van der Waals surface area contributed by atoms with Crippen LogP contribution < -0.4 is 5.32 Å². The van der Waals surface area contributed by atoms with Crippen molar-refractivity contribution in [3.8, 4) is 0 Å². The number of carbonyl (C=O) groups is 2. The second-order valence-corrected chi connectivity index (χ2v) is 9.32. The number of halogens is 1. The van der Waals surface area contributed by atoms with Gasteiger partial charge in [-0.2, -0.15) is 0 Å². The largest absolute Gasteiger partial charge is 0.358 e. The SMILES string of the molecule is CC(C)C(NC(=O)c1cccs1)C(=O)N1CCc2[nH]c3ccc(Br)cc3c2C1. The molecule has 5 nitrogen and oxygen atoms in total. The van der Waals surface area contributed by atoms with E-state index in [0.717, 1.165) is 21.8 Å². The van der Waals surface area contributed by atoms with E-state index in [1.807, 2.05) is 36.3 Å². The van der Waals surface area contributed by atoms with Gasteiger partial charge in [0.2, 0.25) is 5.91 Å². The highest BCUT2D eigenvalue weighted by molar-refractivity contribution is 9.10. The average molecular weight is 460 g/mol. The first-order valence-corrected chi connectivity index (χ1v) is 11.0. The van der Waals surface area contributed by atoms with Crippen LogP contribution in [0.4, 0.5) is 0 Å². The fourth-order valence-corrected chi connectivity index (χ4v) is 4.69. The number of nitrogens with zero attached hydrogens (tertiary/aromatic N) is 1. The maximum absolute atomic E-state index is 13.3. The van der Waals surface area contributed by atoms with Crippen LogP contribution in [-0.4, -0.2) is 34.3 Å². The molecule has 1 aliphatic heterocycles.